The number of rotatable bonds is 5. The fourth-order valence-electron chi connectivity index (χ4n) is 1.07. The molecule has 82 valence electrons. The van der Waals surface area contributed by atoms with Crippen molar-refractivity contribution >= 4 is 17.7 Å². The number of carbonyl (C=O) groups is 1. The molecule has 0 aromatic carbocycles. The van der Waals surface area contributed by atoms with E-state index in [2.05, 4.69) is 4.98 Å². The fourth-order valence-corrected chi connectivity index (χ4v) is 1.98. The van der Waals surface area contributed by atoms with Crippen molar-refractivity contribution in [2.45, 2.75) is 18.7 Å². The molecule has 0 saturated carbocycles. The van der Waals surface area contributed by atoms with E-state index in [1.165, 1.54) is 11.8 Å². The molecule has 0 bridgehead atoms. The summed E-state index contributed by atoms with van der Waals surface area (Å²) in [7, 11) is 0. The zero-order valence-corrected chi connectivity index (χ0v) is 9.33. The number of aromatic nitrogens is 1. The van der Waals surface area contributed by atoms with Crippen LogP contribution in [0.1, 0.15) is 11.1 Å². The summed E-state index contributed by atoms with van der Waals surface area (Å²) in [5.74, 6) is 0.212. The van der Waals surface area contributed by atoms with Crippen molar-refractivity contribution in [1.29, 1.82) is 0 Å². The average Bonchev–Trinajstić information content (AvgIpc) is 2.17. The lowest BCUT2D eigenvalue weighted by Crippen LogP contribution is -2.32. The summed E-state index contributed by atoms with van der Waals surface area (Å²) in [6.45, 7) is 1.98. The normalized spacial score (nSPS) is 12.4. The van der Waals surface area contributed by atoms with Crippen molar-refractivity contribution in [2.24, 2.45) is 5.73 Å². The molecule has 1 rings (SSSR count). The predicted molar refractivity (Wildman–Crippen MR) is 60.7 cm³/mol. The van der Waals surface area contributed by atoms with Crippen LogP contribution in [0.3, 0.4) is 0 Å². The monoisotopic (exact) mass is 226 g/mol. The number of aliphatic carboxylic acids is 1. The maximum Gasteiger partial charge on any atom is 0.321 e. The van der Waals surface area contributed by atoms with Gasteiger partial charge in [-0.15, -0.1) is 0 Å². The second-order valence-electron chi connectivity index (χ2n) is 3.33. The van der Waals surface area contributed by atoms with Crippen molar-refractivity contribution in [3.63, 3.8) is 0 Å². The van der Waals surface area contributed by atoms with E-state index in [9.17, 15) is 4.79 Å². The molecule has 0 aliphatic carbocycles. The number of pyridine rings is 1. The number of aryl methyl sites for hydroxylation is 1. The summed E-state index contributed by atoms with van der Waals surface area (Å²) in [6, 6.07) is 1.25. The lowest BCUT2D eigenvalue weighted by Gasteiger charge is -2.05. The summed E-state index contributed by atoms with van der Waals surface area (Å²) in [5, 5.41) is 8.57. The van der Waals surface area contributed by atoms with Crippen molar-refractivity contribution < 1.29 is 9.90 Å². The minimum absolute atomic E-state index is 0.420. The third-order valence-corrected chi connectivity index (χ3v) is 2.95. The Bertz CT molecular complexity index is 344. The third-order valence-electron chi connectivity index (χ3n) is 1.81. The lowest BCUT2D eigenvalue weighted by atomic mass is 10.2. The van der Waals surface area contributed by atoms with Gasteiger partial charge in [0.1, 0.15) is 6.04 Å². The Labute approximate surface area is 92.9 Å². The number of nitrogens with two attached hydrogens (primary N) is 1. The molecule has 0 radical (unpaired) electrons. The number of hydrogen-bond donors (Lipinski definition) is 2. The fraction of sp³-hybridized carbons (Fsp3) is 0.400. The second-order valence-corrected chi connectivity index (χ2v) is 4.36. The Morgan fingerprint density at radius 3 is 3.00 bits per heavy atom. The molecule has 1 heterocycles. The van der Waals surface area contributed by atoms with Crippen molar-refractivity contribution in [3.8, 4) is 0 Å². The molecule has 0 aliphatic rings. The minimum atomic E-state index is -0.954. The maximum atomic E-state index is 10.4. The number of carboxylic acids is 1. The first-order chi connectivity index (χ1) is 7.09. The Kier molecular flexibility index (Phi) is 4.58. The largest absolute Gasteiger partial charge is 0.480 e. The van der Waals surface area contributed by atoms with Crippen LogP contribution in [0.5, 0.6) is 0 Å². The summed E-state index contributed by atoms with van der Waals surface area (Å²) < 4.78 is 0. The molecule has 0 aliphatic heterocycles. The highest BCUT2D eigenvalue weighted by Crippen LogP contribution is 2.12. The van der Waals surface area contributed by atoms with Gasteiger partial charge in [-0.2, -0.15) is 11.8 Å². The topological polar surface area (TPSA) is 76.2 Å². The van der Waals surface area contributed by atoms with E-state index in [0.717, 1.165) is 16.9 Å². The summed E-state index contributed by atoms with van der Waals surface area (Å²) in [6.07, 6.45) is 3.57. The van der Waals surface area contributed by atoms with Crippen molar-refractivity contribution in [1.82, 2.24) is 4.98 Å². The van der Waals surface area contributed by atoms with E-state index in [0.29, 0.717) is 5.75 Å². The number of nitrogens with zero attached hydrogens (tertiary/aromatic N) is 1. The Hall–Kier alpha value is -1.07. The molecule has 0 spiro atoms. The molecule has 0 amide bonds. The first-order valence-electron chi connectivity index (χ1n) is 4.56. The summed E-state index contributed by atoms with van der Waals surface area (Å²) in [4.78, 5) is 14.5. The number of thioether (sulfide) groups is 1. The SMILES string of the molecule is Cc1cncc(CSCC(N)C(=O)O)c1. The molecule has 1 aromatic rings. The van der Waals surface area contributed by atoms with Gasteiger partial charge >= 0.3 is 5.97 Å². The van der Waals surface area contributed by atoms with Crippen LogP contribution in [-0.2, 0) is 10.5 Å². The van der Waals surface area contributed by atoms with Gasteiger partial charge in [0.25, 0.3) is 0 Å². The second kappa shape index (κ2) is 5.72. The van der Waals surface area contributed by atoms with E-state index in [1.807, 2.05) is 13.0 Å². The van der Waals surface area contributed by atoms with Gasteiger partial charge in [0.15, 0.2) is 0 Å². The highest BCUT2D eigenvalue weighted by atomic mass is 32.2. The maximum absolute atomic E-state index is 10.4. The van der Waals surface area contributed by atoms with Crippen LogP contribution in [0.15, 0.2) is 18.5 Å². The first kappa shape index (κ1) is 12.0. The highest BCUT2D eigenvalue weighted by molar-refractivity contribution is 7.98. The first-order valence-corrected chi connectivity index (χ1v) is 5.71. The van der Waals surface area contributed by atoms with Crippen LogP contribution in [0.25, 0.3) is 0 Å². The van der Waals surface area contributed by atoms with Gasteiger partial charge in [-0.3, -0.25) is 9.78 Å². The van der Waals surface area contributed by atoms with Gasteiger partial charge in [0.05, 0.1) is 0 Å². The molecule has 15 heavy (non-hydrogen) atoms. The zero-order valence-electron chi connectivity index (χ0n) is 8.51. The van der Waals surface area contributed by atoms with Gasteiger partial charge in [-0.05, 0) is 18.1 Å². The minimum Gasteiger partial charge on any atom is -0.480 e. The Morgan fingerprint density at radius 2 is 2.40 bits per heavy atom. The van der Waals surface area contributed by atoms with Crippen LogP contribution < -0.4 is 5.73 Å². The van der Waals surface area contributed by atoms with Crippen LogP contribution in [-0.4, -0.2) is 27.9 Å². The van der Waals surface area contributed by atoms with Crippen LogP contribution in [0.4, 0.5) is 0 Å². The molecule has 5 heteroatoms. The molecule has 0 fully saturated rings. The van der Waals surface area contributed by atoms with E-state index in [1.54, 1.807) is 12.4 Å². The van der Waals surface area contributed by atoms with E-state index >= 15 is 0 Å². The lowest BCUT2D eigenvalue weighted by molar-refractivity contribution is -0.137. The average molecular weight is 226 g/mol. The van der Waals surface area contributed by atoms with Crippen LogP contribution >= 0.6 is 11.8 Å². The molecule has 3 N–H and O–H groups in total. The molecular weight excluding hydrogens is 212 g/mol. The number of hydrogen-bond acceptors (Lipinski definition) is 4. The Morgan fingerprint density at radius 1 is 1.67 bits per heavy atom. The van der Waals surface area contributed by atoms with E-state index < -0.39 is 12.0 Å². The number of carboxylic acid groups (broad SMARTS) is 1. The smallest absolute Gasteiger partial charge is 0.321 e. The molecular formula is C10H14N2O2S. The molecule has 1 aromatic heterocycles. The zero-order chi connectivity index (χ0) is 11.3. The molecule has 1 atom stereocenters. The molecule has 1 unspecified atom stereocenters. The summed E-state index contributed by atoms with van der Waals surface area (Å²) >= 11 is 1.51. The summed E-state index contributed by atoms with van der Waals surface area (Å²) in [5.41, 5.74) is 7.58. The van der Waals surface area contributed by atoms with Gasteiger partial charge in [0, 0.05) is 23.9 Å². The predicted octanol–water partition coefficient (Wildman–Crippen LogP) is 1.04. The molecule has 0 saturated heterocycles. The highest BCUT2D eigenvalue weighted by Gasteiger charge is 2.10. The van der Waals surface area contributed by atoms with E-state index in [-0.39, 0.29) is 0 Å². The van der Waals surface area contributed by atoms with Crippen molar-refractivity contribution in [3.05, 3.63) is 29.6 Å². The van der Waals surface area contributed by atoms with Gasteiger partial charge < -0.3 is 10.8 Å². The van der Waals surface area contributed by atoms with Crippen molar-refractivity contribution in [2.75, 3.05) is 5.75 Å². The quantitative estimate of drug-likeness (QED) is 0.784. The third kappa shape index (κ3) is 4.31. The van der Waals surface area contributed by atoms with Gasteiger partial charge in [-0.25, -0.2) is 0 Å². The van der Waals surface area contributed by atoms with Crippen LogP contribution in [0.2, 0.25) is 0 Å². The van der Waals surface area contributed by atoms with Gasteiger partial charge in [0.2, 0.25) is 0 Å². The Balaban J connectivity index is 2.35. The van der Waals surface area contributed by atoms with Crippen LogP contribution in [0, 0.1) is 6.92 Å². The molecule has 4 nitrogen and oxygen atoms in total. The van der Waals surface area contributed by atoms with E-state index in [4.69, 9.17) is 10.8 Å². The van der Waals surface area contributed by atoms with Gasteiger partial charge in [-0.1, -0.05) is 6.07 Å². The standard InChI is InChI=1S/C10H14N2O2S/c1-7-2-8(4-12-3-7)5-15-6-9(11)10(13)14/h2-4,9H,5-6,11H2,1H3,(H,13,14).